The molecule has 2 fully saturated rings. The van der Waals surface area contributed by atoms with Crippen LogP contribution in [0.2, 0.25) is 0 Å². The van der Waals surface area contributed by atoms with Gasteiger partial charge in [0, 0.05) is 25.0 Å². The third kappa shape index (κ3) is 2.34. The van der Waals surface area contributed by atoms with Gasteiger partial charge in [0.25, 0.3) is 0 Å². The molecule has 1 N–H and O–H groups in total. The van der Waals surface area contributed by atoms with Crippen molar-refractivity contribution in [3.63, 3.8) is 0 Å². The minimum Gasteiger partial charge on any atom is -0.354 e. The molecule has 1 saturated carbocycles. The van der Waals surface area contributed by atoms with Gasteiger partial charge in [0.2, 0.25) is 0 Å². The van der Waals surface area contributed by atoms with Crippen molar-refractivity contribution < 1.29 is 0 Å². The summed E-state index contributed by atoms with van der Waals surface area (Å²) in [7, 11) is 2.04. The van der Waals surface area contributed by atoms with Gasteiger partial charge in [0.1, 0.15) is 0 Å². The monoisotopic (exact) mass is 246 g/mol. The molecule has 1 saturated heterocycles. The molecule has 0 aromatic carbocycles. The molecule has 0 radical (unpaired) electrons. The van der Waals surface area contributed by atoms with Crippen LogP contribution >= 0.6 is 0 Å². The molecule has 4 heteroatoms. The smallest absolute Gasteiger partial charge is 0.151 e. The van der Waals surface area contributed by atoms with Gasteiger partial charge >= 0.3 is 0 Å². The quantitative estimate of drug-likeness (QED) is 0.885. The van der Waals surface area contributed by atoms with Gasteiger partial charge in [0.05, 0.1) is 5.69 Å². The zero-order chi connectivity index (χ0) is 12.4. The van der Waals surface area contributed by atoms with E-state index in [2.05, 4.69) is 32.5 Å². The number of anilines is 1. The molecule has 1 unspecified atom stereocenters. The number of nitrogens with zero attached hydrogens (tertiary/aromatic N) is 3. The normalized spacial score (nSPS) is 24.9. The summed E-state index contributed by atoms with van der Waals surface area (Å²) in [6.45, 7) is 2.16. The van der Waals surface area contributed by atoms with Gasteiger partial charge in [-0.15, -0.1) is 5.10 Å². The Morgan fingerprint density at radius 3 is 2.67 bits per heavy atom. The van der Waals surface area contributed by atoms with Crippen LogP contribution in [-0.2, 0) is 0 Å². The van der Waals surface area contributed by atoms with Gasteiger partial charge in [-0.05, 0) is 44.9 Å². The Morgan fingerprint density at radius 2 is 2.06 bits per heavy atom. The van der Waals surface area contributed by atoms with Crippen molar-refractivity contribution in [2.75, 3.05) is 25.0 Å². The number of piperidine rings is 1. The van der Waals surface area contributed by atoms with Crippen LogP contribution in [0.4, 0.5) is 5.82 Å². The van der Waals surface area contributed by atoms with Crippen molar-refractivity contribution >= 4 is 5.82 Å². The maximum Gasteiger partial charge on any atom is 0.151 e. The molecule has 1 aromatic rings. The average Bonchev–Trinajstić information content (AvgIpc) is 2.38. The Kier molecular flexibility index (Phi) is 3.46. The lowest BCUT2D eigenvalue weighted by atomic mass is 9.83. The summed E-state index contributed by atoms with van der Waals surface area (Å²) in [4.78, 5) is 2.35. The number of aromatic nitrogens is 2. The van der Waals surface area contributed by atoms with E-state index in [0.29, 0.717) is 12.0 Å². The van der Waals surface area contributed by atoms with Crippen molar-refractivity contribution in [2.45, 2.75) is 44.1 Å². The molecule has 4 nitrogen and oxygen atoms in total. The standard InChI is InChI=1S/C14H22N4/c1-15-12-6-3-9-18(10-12)14-8-7-13(16-17-14)11-4-2-5-11/h7-8,11-12,15H,2-6,9-10H2,1H3. The van der Waals surface area contributed by atoms with Crippen molar-refractivity contribution in [1.29, 1.82) is 0 Å². The Labute approximate surface area is 109 Å². The minimum atomic E-state index is 0.590. The van der Waals surface area contributed by atoms with Crippen LogP contribution in [0.1, 0.15) is 43.7 Å². The highest BCUT2D eigenvalue weighted by atomic mass is 15.3. The number of likely N-dealkylation sites (N-methyl/N-ethyl adjacent to an activating group) is 1. The maximum atomic E-state index is 4.42. The van der Waals surface area contributed by atoms with Crippen LogP contribution in [0, 0.1) is 0 Å². The second kappa shape index (κ2) is 5.22. The molecule has 1 atom stereocenters. The van der Waals surface area contributed by atoms with Gasteiger partial charge in [-0.3, -0.25) is 0 Å². The lowest BCUT2D eigenvalue weighted by Gasteiger charge is -2.33. The first-order valence-corrected chi connectivity index (χ1v) is 7.12. The summed E-state index contributed by atoms with van der Waals surface area (Å²) in [5.74, 6) is 1.72. The minimum absolute atomic E-state index is 0.590. The second-order valence-corrected chi connectivity index (χ2v) is 5.52. The Morgan fingerprint density at radius 1 is 1.17 bits per heavy atom. The van der Waals surface area contributed by atoms with Crippen LogP contribution in [0.3, 0.4) is 0 Å². The average molecular weight is 246 g/mol. The highest BCUT2D eigenvalue weighted by Crippen LogP contribution is 2.35. The zero-order valence-electron chi connectivity index (χ0n) is 11.1. The lowest BCUT2D eigenvalue weighted by molar-refractivity contribution is 0.407. The molecule has 18 heavy (non-hydrogen) atoms. The molecule has 0 amide bonds. The fraction of sp³-hybridized carbons (Fsp3) is 0.714. The number of hydrogen-bond acceptors (Lipinski definition) is 4. The lowest BCUT2D eigenvalue weighted by Crippen LogP contribution is -2.44. The molecule has 2 heterocycles. The highest BCUT2D eigenvalue weighted by Gasteiger charge is 2.23. The summed E-state index contributed by atoms with van der Waals surface area (Å²) in [6, 6.07) is 4.92. The van der Waals surface area contributed by atoms with E-state index < -0.39 is 0 Å². The number of hydrogen-bond donors (Lipinski definition) is 1. The molecule has 1 aliphatic carbocycles. The van der Waals surface area contributed by atoms with Crippen molar-refractivity contribution in [2.24, 2.45) is 0 Å². The van der Waals surface area contributed by atoms with E-state index in [9.17, 15) is 0 Å². The maximum absolute atomic E-state index is 4.42. The van der Waals surface area contributed by atoms with Gasteiger partial charge in [0.15, 0.2) is 5.82 Å². The molecule has 0 bridgehead atoms. The topological polar surface area (TPSA) is 41.0 Å². The summed E-state index contributed by atoms with van der Waals surface area (Å²) in [6.07, 6.45) is 6.43. The SMILES string of the molecule is CNC1CCCN(c2ccc(C3CCC3)nn2)C1. The molecule has 1 aliphatic heterocycles. The van der Waals surface area contributed by atoms with E-state index in [1.807, 2.05) is 7.05 Å². The molecule has 2 aliphatic rings. The van der Waals surface area contributed by atoms with Crippen LogP contribution in [0.15, 0.2) is 12.1 Å². The van der Waals surface area contributed by atoms with Crippen molar-refractivity contribution in [1.82, 2.24) is 15.5 Å². The van der Waals surface area contributed by atoms with Crippen LogP contribution in [0.5, 0.6) is 0 Å². The van der Waals surface area contributed by atoms with E-state index in [1.54, 1.807) is 0 Å². The molecular formula is C14H22N4. The summed E-state index contributed by atoms with van der Waals surface area (Å²) < 4.78 is 0. The number of rotatable bonds is 3. The highest BCUT2D eigenvalue weighted by molar-refractivity contribution is 5.38. The second-order valence-electron chi connectivity index (χ2n) is 5.52. The van der Waals surface area contributed by atoms with Gasteiger partial charge in [-0.1, -0.05) is 6.42 Å². The van der Waals surface area contributed by atoms with Crippen molar-refractivity contribution in [3.05, 3.63) is 17.8 Å². The fourth-order valence-electron chi connectivity index (χ4n) is 2.85. The first-order valence-electron chi connectivity index (χ1n) is 7.12. The predicted octanol–water partition coefficient (Wildman–Crippen LogP) is 1.93. The third-order valence-corrected chi connectivity index (χ3v) is 4.35. The number of nitrogens with one attached hydrogen (secondary N) is 1. The third-order valence-electron chi connectivity index (χ3n) is 4.35. The summed E-state index contributed by atoms with van der Waals surface area (Å²) >= 11 is 0. The van der Waals surface area contributed by atoms with E-state index >= 15 is 0 Å². The largest absolute Gasteiger partial charge is 0.354 e. The molecule has 98 valence electrons. The van der Waals surface area contributed by atoms with E-state index in [0.717, 1.165) is 18.9 Å². The van der Waals surface area contributed by atoms with E-state index in [4.69, 9.17) is 0 Å². The van der Waals surface area contributed by atoms with E-state index in [-0.39, 0.29) is 0 Å². The zero-order valence-corrected chi connectivity index (χ0v) is 11.1. The molecule has 0 spiro atoms. The van der Waals surface area contributed by atoms with Crippen LogP contribution < -0.4 is 10.2 Å². The van der Waals surface area contributed by atoms with Gasteiger partial charge in [-0.25, -0.2) is 0 Å². The fourth-order valence-corrected chi connectivity index (χ4v) is 2.85. The molecule has 1 aromatic heterocycles. The molecule has 3 rings (SSSR count). The Bertz CT molecular complexity index is 385. The first-order chi connectivity index (χ1) is 8.86. The van der Waals surface area contributed by atoms with Gasteiger partial charge < -0.3 is 10.2 Å². The first kappa shape index (κ1) is 11.9. The van der Waals surface area contributed by atoms with Crippen molar-refractivity contribution in [3.8, 4) is 0 Å². The van der Waals surface area contributed by atoms with E-state index in [1.165, 1.54) is 37.8 Å². The summed E-state index contributed by atoms with van der Waals surface area (Å²) in [5, 5.41) is 12.2. The Balaban J connectivity index is 1.67. The summed E-state index contributed by atoms with van der Waals surface area (Å²) in [5.41, 5.74) is 1.19. The Hall–Kier alpha value is -1.16. The molecular weight excluding hydrogens is 224 g/mol. The van der Waals surface area contributed by atoms with Gasteiger partial charge in [-0.2, -0.15) is 5.10 Å². The van der Waals surface area contributed by atoms with Crippen LogP contribution in [-0.4, -0.2) is 36.4 Å². The van der Waals surface area contributed by atoms with Crippen LogP contribution in [0.25, 0.3) is 0 Å². The predicted molar refractivity (Wildman–Crippen MR) is 72.9 cm³/mol.